The summed E-state index contributed by atoms with van der Waals surface area (Å²) < 4.78 is 1.90. The molecule has 0 bridgehead atoms. The number of carbonyl (C=O) groups is 2. The van der Waals surface area contributed by atoms with Crippen LogP contribution in [-0.2, 0) is 9.59 Å². The van der Waals surface area contributed by atoms with E-state index in [1.54, 1.807) is 6.20 Å². The Balaban J connectivity index is 1.85. The fourth-order valence-corrected chi connectivity index (χ4v) is 2.63. The van der Waals surface area contributed by atoms with Gasteiger partial charge in [0.25, 0.3) is 0 Å². The van der Waals surface area contributed by atoms with Gasteiger partial charge in [0.2, 0.25) is 11.8 Å². The number of likely N-dealkylation sites (tertiary alicyclic amines) is 1. The number of hydrogen-bond acceptors (Lipinski definition) is 3. The summed E-state index contributed by atoms with van der Waals surface area (Å²) in [5, 5.41) is 2.90. The monoisotopic (exact) mass is 292 g/mol. The first kappa shape index (κ1) is 15.5. The molecule has 1 unspecified atom stereocenters. The Hall–Kier alpha value is -1.85. The Morgan fingerprint density at radius 3 is 2.81 bits per heavy atom. The molecule has 6 heteroatoms. The molecule has 1 aliphatic rings. The van der Waals surface area contributed by atoms with Crippen molar-refractivity contribution in [2.24, 2.45) is 0 Å². The summed E-state index contributed by atoms with van der Waals surface area (Å²) in [6.07, 6.45) is 5.12. The van der Waals surface area contributed by atoms with Gasteiger partial charge in [-0.25, -0.2) is 4.98 Å². The maximum Gasteiger partial charge on any atom is 0.242 e. The van der Waals surface area contributed by atoms with Crippen LogP contribution in [0.2, 0.25) is 0 Å². The normalized spacial score (nSPS) is 16.6. The average Bonchev–Trinajstić information content (AvgIpc) is 3.07. The van der Waals surface area contributed by atoms with E-state index >= 15 is 0 Å². The summed E-state index contributed by atoms with van der Waals surface area (Å²) in [7, 11) is 0. The molecule has 2 amide bonds. The van der Waals surface area contributed by atoms with Gasteiger partial charge in [-0.3, -0.25) is 9.59 Å². The van der Waals surface area contributed by atoms with Crippen LogP contribution in [0.5, 0.6) is 0 Å². The van der Waals surface area contributed by atoms with Gasteiger partial charge >= 0.3 is 0 Å². The first-order valence-corrected chi connectivity index (χ1v) is 7.59. The van der Waals surface area contributed by atoms with Crippen molar-refractivity contribution in [1.82, 2.24) is 19.8 Å². The van der Waals surface area contributed by atoms with Gasteiger partial charge < -0.3 is 14.8 Å². The van der Waals surface area contributed by atoms with Crippen molar-refractivity contribution < 1.29 is 9.59 Å². The van der Waals surface area contributed by atoms with Crippen LogP contribution >= 0.6 is 0 Å². The van der Waals surface area contributed by atoms with Crippen LogP contribution in [0.4, 0.5) is 0 Å². The predicted octanol–water partition coefficient (Wildman–Crippen LogP) is 1.31. The minimum absolute atomic E-state index is 0.0402. The second-order valence-electron chi connectivity index (χ2n) is 5.80. The van der Waals surface area contributed by atoms with Crippen molar-refractivity contribution in [2.45, 2.75) is 45.6 Å². The van der Waals surface area contributed by atoms with E-state index < -0.39 is 0 Å². The highest BCUT2D eigenvalue weighted by molar-refractivity contribution is 5.80. The van der Waals surface area contributed by atoms with Crippen LogP contribution in [0.3, 0.4) is 0 Å². The number of hydrogen-bond donors (Lipinski definition) is 1. The smallest absolute Gasteiger partial charge is 0.242 e. The van der Waals surface area contributed by atoms with Gasteiger partial charge in [-0.15, -0.1) is 0 Å². The Bertz CT molecular complexity index is 510. The van der Waals surface area contributed by atoms with Gasteiger partial charge in [0, 0.05) is 44.4 Å². The Kier molecular flexibility index (Phi) is 4.98. The molecule has 0 spiro atoms. The number of aromatic nitrogens is 2. The molecule has 0 aromatic carbocycles. The van der Waals surface area contributed by atoms with Gasteiger partial charge in [-0.2, -0.15) is 0 Å². The zero-order valence-electron chi connectivity index (χ0n) is 13.0. The maximum absolute atomic E-state index is 12.2. The Labute approximate surface area is 125 Å². The minimum Gasteiger partial charge on any atom is -0.353 e. The van der Waals surface area contributed by atoms with Crippen LogP contribution in [0, 0.1) is 0 Å². The molecule has 0 saturated carbocycles. The zero-order valence-corrected chi connectivity index (χ0v) is 13.0. The van der Waals surface area contributed by atoms with Crippen molar-refractivity contribution in [3.63, 3.8) is 0 Å². The van der Waals surface area contributed by atoms with E-state index in [0.29, 0.717) is 19.5 Å². The van der Waals surface area contributed by atoms with Crippen molar-refractivity contribution in [3.05, 3.63) is 18.2 Å². The van der Waals surface area contributed by atoms with Crippen LogP contribution < -0.4 is 5.32 Å². The van der Waals surface area contributed by atoms with Gasteiger partial charge in [0.15, 0.2) is 0 Å². The first-order chi connectivity index (χ1) is 10.0. The second kappa shape index (κ2) is 6.74. The molecule has 1 aromatic heterocycles. The van der Waals surface area contributed by atoms with Gasteiger partial charge in [-0.1, -0.05) is 13.8 Å². The number of nitrogens with zero attached hydrogens (tertiary/aromatic N) is 3. The number of amides is 2. The van der Waals surface area contributed by atoms with Crippen molar-refractivity contribution in [2.75, 3.05) is 19.6 Å². The topological polar surface area (TPSA) is 67.2 Å². The molecular formula is C15H24N4O2. The highest BCUT2D eigenvalue weighted by Gasteiger charge is 2.21. The van der Waals surface area contributed by atoms with E-state index in [9.17, 15) is 9.59 Å². The first-order valence-electron chi connectivity index (χ1n) is 7.59. The Morgan fingerprint density at radius 2 is 2.19 bits per heavy atom. The molecule has 2 heterocycles. The fourth-order valence-electron chi connectivity index (χ4n) is 2.63. The molecule has 2 rings (SSSR count). The number of rotatable bonds is 6. The van der Waals surface area contributed by atoms with E-state index in [1.165, 1.54) is 0 Å². The number of imidazole rings is 1. The van der Waals surface area contributed by atoms with Crippen LogP contribution in [0.15, 0.2) is 12.4 Å². The summed E-state index contributed by atoms with van der Waals surface area (Å²) in [6.45, 7) is 7.89. The van der Waals surface area contributed by atoms with Crippen molar-refractivity contribution in [1.29, 1.82) is 0 Å². The summed E-state index contributed by atoms with van der Waals surface area (Å²) in [6, 6.07) is -0.292. The average molecular weight is 292 g/mol. The number of carbonyl (C=O) groups excluding carboxylic acids is 2. The predicted molar refractivity (Wildman–Crippen MR) is 79.9 cm³/mol. The van der Waals surface area contributed by atoms with Crippen LogP contribution in [0.1, 0.15) is 51.4 Å². The lowest BCUT2D eigenvalue weighted by atomic mass is 10.2. The molecule has 21 heavy (non-hydrogen) atoms. The third-order valence-corrected chi connectivity index (χ3v) is 3.86. The second-order valence-corrected chi connectivity index (χ2v) is 5.80. The lowest BCUT2D eigenvalue weighted by Gasteiger charge is -2.19. The summed E-state index contributed by atoms with van der Waals surface area (Å²) in [5.74, 6) is 1.33. The van der Waals surface area contributed by atoms with Crippen molar-refractivity contribution in [3.8, 4) is 0 Å². The third-order valence-electron chi connectivity index (χ3n) is 3.86. The fraction of sp³-hybridized carbons (Fsp3) is 0.667. The lowest BCUT2D eigenvalue weighted by molar-refractivity contribution is -0.128. The maximum atomic E-state index is 12.2. The van der Waals surface area contributed by atoms with Crippen LogP contribution in [0.25, 0.3) is 0 Å². The van der Waals surface area contributed by atoms with E-state index in [1.807, 2.05) is 22.6 Å². The van der Waals surface area contributed by atoms with E-state index in [2.05, 4.69) is 24.1 Å². The molecule has 0 aliphatic carbocycles. The highest BCUT2D eigenvalue weighted by Crippen LogP contribution is 2.17. The molecule has 1 atom stereocenters. The van der Waals surface area contributed by atoms with E-state index in [4.69, 9.17) is 0 Å². The molecule has 6 nitrogen and oxygen atoms in total. The molecule has 1 aliphatic heterocycles. The van der Waals surface area contributed by atoms with Crippen LogP contribution in [-0.4, -0.2) is 45.9 Å². The molecule has 1 aromatic rings. The highest BCUT2D eigenvalue weighted by atomic mass is 16.2. The molecule has 116 valence electrons. The largest absolute Gasteiger partial charge is 0.353 e. The zero-order chi connectivity index (χ0) is 15.4. The molecule has 0 radical (unpaired) electrons. The van der Waals surface area contributed by atoms with Crippen molar-refractivity contribution >= 4 is 11.8 Å². The van der Waals surface area contributed by atoms with Gasteiger partial charge in [0.05, 0.1) is 0 Å². The minimum atomic E-state index is -0.292. The Morgan fingerprint density at radius 1 is 1.43 bits per heavy atom. The molecule has 1 N–H and O–H groups in total. The summed E-state index contributed by atoms with van der Waals surface area (Å²) >= 11 is 0. The lowest BCUT2D eigenvalue weighted by Crippen LogP contribution is -2.38. The summed E-state index contributed by atoms with van der Waals surface area (Å²) in [4.78, 5) is 29.8. The SMILES string of the molecule is CC(C)c1nccn1C(C)C(=O)NCCN1CCCC1=O. The molecule has 1 saturated heterocycles. The molecule has 1 fully saturated rings. The standard InChI is InChI=1S/C15H24N4O2/c1-11(2)14-16-7-10-19(14)12(3)15(21)17-6-9-18-8-4-5-13(18)20/h7,10-12H,4-6,8-9H2,1-3H3,(H,17,21). The van der Waals surface area contributed by atoms with Gasteiger partial charge in [0.1, 0.15) is 11.9 Å². The van der Waals surface area contributed by atoms with E-state index in [-0.39, 0.29) is 23.8 Å². The van der Waals surface area contributed by atoms with Gasteiger partial charge in [-0.05, 0) is 13.3 Å². The van der Waals surface area contributed by atoms with E-state index in [0.717, 1.165) is 18.8 Å². The number of nitrogens with one attached hydrogen (secondary N) is 1. The molecular weight excluding hydrogens is 268 g/mol. The quantitative estimate of drug-likeness (QED) is 0.859. The summed E-state index contributed by atoms with van der Waals surface area (Å²) in [5.41, 5.74) is 0. The third kappa shape index (κ3) is 3.62.